The predicted octanol–water partition coefficient (Wildman–Crippen LogP) is 4.27. The molecule has 1 saturated heterocycles. The molecular formula is C28H30N6O. The highest BCUT2D eigenvalue weighted by Gasteiger charge is 2.26. The summed E-state index contributed by atoms with van der Waals surface area (Å²) in [4.78, 5) is 14.7. The van der Waals surface area contributed by atoms with Gasteiger partial charge in [-0.3, -0.25) is 4.40 Å². The van der Waals surface area contributed by atoms with E-state index in [9.17, 15) is 10.4 Å². The van der Waals surface area contributed by atoms with E-state index in [1.807, 2.05) is 55.7 Å². The fraction of sp³-hybridized carbons (Fsp3) is 0.321. The molecule has 0 unspecified atom stereocenters. The molecule has 7 heteroatoms. The second kappa shape index (κ2) is 9.49. The Morgan fingerprint density at radius 3 is 2.46 bits per heavy atom. The highest BCUT2D eigenvalue weighted by atomic mass is 16.3. The molecule has 7 nitrogen and oxygen atoms in total. The number of rotatable bonds is 5. The molecule has 1 fully saturated rings. The molecule has 35 heavy (non-hydrogen) atoms. The molecule has 4 aromatic rings. The molecule has 0 saturated carbocycles. The summed E-state index contributed by atoms with van der Waals surface area (Å²) in [6, 6.07) is 16.4. The number of fused-ring (bicyclic) bond motifs is 1. The Kier molecular flexibility index (Phi) is 6.25. The van der Waals surface area contributed by atoms with Crippen LogP contribution in [0.1, 0.15) is 29.5 Å². The van der Waals surface area contributed by atoms with E-state index < -0.39 is 0 Å². The van der Waals surface area contributed by atoms with Crippen molar-refractivity contribution in [2.45, 2.75) is 32.4 Å². The smallest absolute Gasteiger partial charge is 0.211 e. The average molecular weight is 467 g/mol. The van der Waals surface area contributed by atoms with E-state index in [4.69, 9.17) is 9.97 Å². The molecule has 0 amide bonds. The quantitative estimate of drug-likeness (QED) is 0.473. The third kappa shape index (κ3) is 4.27. The minimum absolute atomic E-state index is 0.0249. The van der Waals surface area contributed by atoms with Crippen LogP contribution in [0.25, 0.3) is 28.0 Å². The predicted molar refractivity (Wildman–Crippen MR) is 138 cm³/mol. The van der Waals surface area contributed by atoms with E-state index in [1.54, 1.807) is 0 Å². The number of hydrogen-bond acceptors (Lipinski definition) is 6. The SMILES string of the molecule is Cc1ccc(-c2c(-c3ccc(C#N)cc3)nc(N3CCC(N(C)C)CC3)n3ccnc23)cc1CO. The molecule has 1 aliphatic heterocycles. The van der Waals surface area contributed by atoms with Crippen LogP contribution in [0.15, 0.2) is 54.9 Å². The van der Waals surface area contributed by atoms with Crippen LogP contribution in [0.5, 0.6) is 0 Å². The van der Waals surface area contributed by atoms with Gasteiger partial charge in [-0.1, -0.05) is 24.3 Å². The monoisotopic (exact) mass is 466 g/mol. The van der Waals surface area contributed by atoms with E-state index in [-0.39, 0.29) is 6.61 Å². The summed E-state index contributed by atoms with van der Waals surface area (Å²) in [5.41, 5.74) is 7.00. The van der Waals surface area contributed by atoms with Gasteiger partial charge in [0.25, 0.3) is 0 Å². The Balaban J connectivity index is 1.71. The van der Waals surface area contributed by atoms with Gasteiger partial charge in [0.05, 0.1) is 29.5 Å². The second-order valence-electron chi connectivity index (χ2n) is 9.43. The zero-order valence-electron chi connectivity index (χ0n) is 20.4. The lowest BCUT2D eigenvalue weighted by Crippen LogP contribution is -2.43. The van der Waals surface area contributed by atoms with Gasteiger partial charge in [0, 0.05) is 37.1 Å². The number of hydrogen-bond donors (Lipinski definition) is 1. The third-order valence-electron chi connectivity index (χ3n) is 7.10. The van der Waals surface area contributed by atoms with Gasteiger partial charge in [0.15, 0.2) is 0 Å². The first kappa shape index (κ1) is 23.0. The Morgan fingerprint density at radius 2 is 1.80 bits per heavy atom. The Bertz CT molecular complexity index is 1390. The average Bonchev–Trinajstić information content (AvgIpc) is 3.38. The van der Waals surface area contributed by atoms with Gasteiger partial charge in [-0.25, -0.2) is 9.97 Å². The Hall–Kier alpha value is -3.73. The van der Waals surface area contributed by atoms with Crippen molar-refractivity contribution in [3.63, 3.8) is 0 Å². The molecule has 0 radical (unpaired) electrons. The molecule has 0 spiro atoms. The molecule has 5 rings (SSSR count). The fourth-order valence-corrected chi connectivity index (χ4v) is 4.95. The van der Waals surface area contributed by atoms with Crippen molar-refractivity contribution in [3.8, 4) is 28.5 Å². The lowest BCUT2D eigenvalue weighted by atomic mass is 9.96. The van der Waals surface area contributed by atoms with Crippen LogP contribution < -0.4 is 4.90 Å². The van der Waals surface area contributed by atoms with E-state index in [2.05, 4.69) is 40.4 Å². The standard InChI is InChI=1S/C28H30N6O/c1-19-4-7-22(16-23(19)18-35)25-26(21-8-5-20(17-29)6-9-21)31-28(34-15-12-30-27(25)34)33-13-10-24(11-14-33)32(2)3/h4-9,12,15-16,24,35H,10-11,13-14,18H2,1-3H3. The molecular weight excluding hydrogens is 436 g/mol. The van der Waals surface area contributed by atoms with Crippen molar-refractivity contribution >= 4 is 11.6 Å². The second-order valence-corrected chi connectivity index (χ2v) is 9.43. The number of piperidine rings is 1. The summed E-state index contributed by atoms with van der Waals surface area (Å²) >= 11 is 0. The summed E-state index contributed by atoms with van der Waals surface area (Å²) in [7, 11) is 4.29. The minimum Gasteiger partial charge on any atom is -0.392 e. The van der Waals surface area contributed by atoms with Gasteiger partial charge >= 0.3 is 0 Å². The fourth-order valence-electron chi connectivity index (χ4n) is 4.95. The highest BCUT2D eigenvalue weighted by molar-refractivity contribution is 5.91. The Labute approximate surface area is 205 Å². The molecule has 0 aliphatic carbocycles. The minimum atomic E-state index is -0.0249. The number of aliphatic hydroxyl groups is 1. The van der Waals surface area contributed by atoms with Crippen LogP contribution in [0.3, 0.4) is 0 Å². The van der Waals surface area contributed by atoms with Crippen molar-refractivity contribution in [2.75, 3.05) is 32.1 Å². The van der Waals surface area contributed by atoms with Gasteiger partial charge in [-0.05, 0) is 68.8 Å². The summed E-state index contributed by atoms with van der Waals surface area (Å²) in [5.74, 6) is 0.882. The zero-order chi connectivity index (χ0) is 24.5. The summed E-state index contributed by atoms with van der Waals surface area (Å²) in [6.07, 6.45) is 5.95. The Morgan fingerprint density at radius 1 is 1.09 bits per heavy atom. The number of aliphatic hydroxyl groups excluding tert-OH is 1. The number of nitriles is 1. The van der Waals surface area contributed by atoms with Crippen molar-refractivity contribution in [1.82, 2.24) is 19.3 Å². The van der Waals surface area contributed by atoms with E-state index in [0.29, 0.717) is 11.6 Å². The van der Waals surface area contributed by atoms with Crippen LogP contribution in [0, 0.1) is 18.3 Å². The van der Waals surface area contributed by atoms with Crippen LogP contribution in [-0.4, -0.2) is 57.6 Å². The summed E-state index contributed by atoms with van der Waals surface area (Å²) in [6.45, 7) is 3.83. The molecule has 1 N–H and O–H groups in total. The lowest BCUT2D eigenvalue weighted by Gasteiger charge is -2.36. The molecule has 2 aromatic heterocycles. The van der Waals surface area contributed by atoms with Crippen molar-refractivity contribution < 1.29 is 5.11 Å². The summed E-state index contributed by atoms with van der Waals surface area (Å²) in [5, 5.41) is 19.2. The van der Waals surface area contributed by atoms with Gasteiger partial charge in [0.1, 0.15) is 5.65 Å². The number of benzene rings is 2. The highest BCUT2D eigenvalue weighted by Crippen LogP contribution is 2.37. The van der Waals surface area contributed by atoms with Crippen molar-refractivity contribution in [3.05, 3.63) is 71.5 Å². The first-order valence-corrected chi connectivity index (χ1v) is 12.0. The van der Waals surface area contributed by atoms with Gasteiger partial charge < -0.3 is 14.9 Å². The maximum atomic E-state index is 9.90. The van der Waals surface area contributed by atoms with Gasteiger partial charge in [-0.15, -0.1) is 0 Å². The zero-order valence-corrected chi connectivity index (χ0v) is 20.4. The number of anilines is 1. The summed E-state index contributed by atoms with van der Waals surface area (Å²) < 4.78 is 2.08. The lowest BCUT2D eigenvalue weighted by molar-refractivity contribution is 0.249. The third-order valence-corrected chi connectivity index (χ3v) is 7.10. The normalized spacial score (nSPS) is 14.6. The molecule has 0 bridgehead atoms. The van der Waals surface area contributed by atoms with Crippen LogP contribution in [0.2, 0.25) is 0 Å². The molecule has 1 aliphatic rings. The topological polar surface area (TPSA) is 80.7 Å². The van der Waals surface area contributed by atoms with E-state index >= 15 is 0 Å². The first-order chi connectivity index (χ1) is 17.0. The number of aromatic nitrogens is 3. The first-order valence-electron chi connectivity index (χ1n) is 12.0. The van der Waals surface area contributed by atoms with E-state index in [0.717, 1.165) is 71.0 Å². The van der Waals surface area contributed by atoms with Crippen LogP contribution >= 0.6 is 0 Å². The largest absolute Gasteiger partial charge is 0.392 e. The van der Waals surface area contributed by atoms with E-state index in [1.165, 1.54) is 0 Å². The molecule has 2 aromatic carbocycles. The number of nitrogens with zero attached hydrogens (tertiary/aromatic N) is 6. The van der Waals surface area contributed by atoms with Crippen LogP contribution in [-0.2, 0) is 6.61 Å². The number of aryl methyl sites for hydroxylation is 1. The maximum absolute atomic E-state index is 9.90. The maximum Gasteiger partial charge on any atom is 0.211 e. The van der Waals surface area contributed by atoms with Crippen molar-refractivity contribution in [2.24, 2.45) is 0 Å². The molecule has 178 valence electrons. The van der Waals surface area contributed by atoms with Crippen LogP contribution in [0.4, 0.5) is 5.95 Å². The number of imidazole rings is 1. The van der Waals surface area contributed by atoms with Crippen molar-refractivity contribution in [1.29, 1.82) is 5.26 Å². The molecule has 0 atom stereocenters. The molecule has 3 heterocycles. The van der Waals surface area contributed by atoms with Gasteiger partial charge in [-0.2, -0.15) is 5.26 Å². The van der Waals surface area contributed by atoms with Gasteiger partial charge in [0.2, 0.25) is 5.95 Å².